The molecule has 0 bridgehead atoms. The van der Waals surface area contributed by atoms with Crippen LogP contribution in [-0.2, 0) is 10.0 Å². The van der Waals surface area contributed by atoms with Crippen LogP contribution in [0, 0.1) is 11.8 Å². The van der Waals surface area contributed by atoms with Crippen molar-refractivity contribution in [3.63, 3.8) is 0 Å². The smallest absolute Gasteiger partial charge is 0.264 e. The predicted molar refractivity (Wildman–Crippen MR) is 106 cm³/mol. The average molecular weight is 422 g/mol. The lowest BCUT2D eigenvalue weighted by Crippen LogP contribution is -2.37. The van der Waals surface area contributed by atoms with Crippen LogP contribution in [0.1, 0.15) is 42.8 Å². The maximum atomic E-state index is 12.8. The predicted octanol–water partition coefficient (Wildman–Crippen LogP) is 2.40. The highest BCUT2D eigenvalue weighted by Crippen LogP contribution is 2.31. The van der Waals surface area contributed by atoms with Gasteiger partial charge in [-0.3, -0.25) is 4.79 Å². The van der Waals surface area contributed by atoms with Crippen LogP contribution in [0.3, 0.4) is 0 Å². The van der Waals surface area contributed by atoms with E-state index in [0.29, 0.717) is 42.9 Å². The van der Waals surface area contributed by atoms with Gasteiger partial charge in [-0.2, -0.15) is 4.31 Å². The summed E-state index contributed by atoms with van der Waals surface area (Å²) in [5.41, 5.74) is 5.73. The molecule has 26 heavy (non-hydrogen) atoms. The first-order chi connectivity index (χ1) is 11.8. The van der Waals surface area contributed by atoms with Crippen molar-refractivity contribution in [3.8, 4) is 0 Å². The molecule has 1 aromatic heterocycles. The number of likely N-dealkylation sites (tertiary alicyclic amines) is 1. The molecule has 148 valence electrons. The molecule has 2 saturated heterocycles. The minimum Gasteiger partial charge on any atom is -0.335 e. The fourth-order valence-electron chi connectivity index (χ4n) is 3.66. The van der Waals surface area contributed by atoms with Crippen LogP contribution in [0.5, 0.6) is 0 Å². The molecule has 2 aliphatic rings. The number of piperidine rings is 1. The fraction of sp³-hybridized carbons (Fsp3) is 0.706. The monoisotopic (exact) mass is 421 g/mol. The Morgan fingerprint density at radius 3 is 2.50 bits per heavy atom. The molecule has 2 unspecified atom stereocenters. The molecule has 0 spiro atoms. The number of rotatable bonds is 4. The minimum absolute atomic E-state index is 0. The van der Waals surface area contributed by atoms with Gasteiger partial charge in [0.1, 0.15) is 4.21 Å². The van der Waals surface area contributed by atoms with Gasteiger partial charge < -0.3 is 10.6 Å². The molecule has 0 saturated carbocycles. The summed E-state index contributed by atoms with van der Waals surface area (Å²) < 4.78 is 27.4. The number of thiophene rings is 1. The molecular formula is C17H28ClN3O3S2. The SMILES string of the molecule is CC1CCN(S(=O)(=O)c2ccc(C(=O)N3CC(CN)CC3C)s2)CC1.Cl. The standard InChI is InChI=1S/C17H27N3O3S2.ClH/c1-12-5-7-19(8-6-12)25(22,23)16-4-3-15(24-16)17(21)20-11-14(10-18)9-13(20)2;/h3-4,12-14H,5-11,18H2,1-2H3;1H. The first-order valence-electron chi connectivity index (χ1n) is 8.94. The molecule has 3 heterocycles. The fourth-order valence-corrected chi connectivity index (χ4v) is 6.55. The molecule has 0 aromatic carbocycles. The second kappa shape index (κ2) is 8.56. The number of hydrogen-bond acceptors (Lipinski definition) is 5. The Morgan fingerprint density at radius 2 is 1.92 bits per heavy atom. The van der Waals surface area contributed by atoms with Crippen molar-refractivity contribution in [1.82, 2.24) is 9.21 Å². The second-order valence-electron chi connectivity index (χ2n) is 7.35. The van der Waals surface area contributed by atoms with Crippen LogP contribution in [0.2, 0.25) is 0 Å². The van der Waals surface area contributed by atoms with Crippen molar-refractivity contribution in [1.29, 1.82) is 0 Å². The number of halogens is 1. The van der Waals surface area contributed by atoms with Crippen LogP contribution in [0.25, 0.3) is 0 Å². The van der Waals surface area contributed by atoms with Crippen molar-refractivity contribution in [2.75, 3.05) is 26.2 Å². The summed E-state index contributed by atoms with van der Waals surface area (Å²) in [7, 11) is -3.49. The van der Waals surface area contributed by atoms with Gasteiger partial charge in [0.05, 0.1) is 4.88 Å². The minimum atomic E-state index is -3.49. The number of amides is 1. The van der Waals surface area contributed by atoms with E-state index in [9.17, 15) is 13.2 Å². The van der Waals surface area contributed by atoms with E-state index in [1.54, 1.807) is 16.4 Å². The van der Waals surface area contributed by atoms with Gasteiger partial charge >= 0.3 is 0 Å². The zero-order valence-electron chi connectivity index (χ0n) is 15.3. The molecular weight excluding hydrogens is 394 g/mol. The summed E-state index contributed by atoms with van der Waals surface area (Å²) in [5, 5.41) is 0. The molecule has 2 fully saturated rings. The quantitative estimate of drug-likeness (QED) is 0.808. The zero-order valence-corrected chi connectivity index (χ0v) is 17.7. The molecule has 6 nitrogen and oxygen atoms in total. The van der Waals surface area contributed by atoms with Crippen molar-refractivity contribution in [3.05, 3.63) is 17.0 Å². The molecule has 1 amide bonds. The maximum absolute atomic E-state index is 12.8. The molecule has 2 atom stereocenters. The van der Waals surface area contributed by atoms with Crippen molar-refractivity contribution < 1.29 is 13.2 Å². The highest BCUT2D eigenvalue weighted by Gasteiger charge is 2.34. The van der Waals surface area contributed by atoms with Crippen LogP contribution in [0.4, 0.5) is 0 Å². The van der Waals surface area contributed by atoms with Crippen molar-refractivity contribution in [2.45, 2.75) is 43.4 Å². The third-order valence-corrected chi connectivity index (χ3v) is 8.82. The third kappa shape index (κ3) is 4.25. The molecule has 2 N–H and O–H groups in total. The van der Waals surface area contributed by atoms with E-state index < -0.39 is 10.0 Å². The second-order valence-corrected chi connectivity index (χ2v) is 10.6. The molecule has 9 heteroatoms. The Kier molecular flexibility index (Phi) is 7.12. The summed E-state index contributed by atoms with van der Waals surface area (Å²) >= 11 is 1.09. The molecule has 0 aliphatic carbocycles. The topological polar surface area (TPSA) is 83.7 Å². The van der Waals surface area contributed by atoms with Gasteiger partial charge in [-0.25, -0.2) is 8.42 Å². The Morgan fingerprint density at radius 1 is 1.27 bits per heavy atom. The molecule has 2 aliphatic heterocycles. The van der Waals surface area contributed by atoms with Gasteiger partial charge in [0, 0.05) is 25.7 Å². The van der Waals surface area contributed by atoms with E-state index in [4.69, 9.17) is 5.73 Å². The maximum Gasteiger partial charge on any atom is 0.264 e. The van der Waals surface area contributed by atoms with Gasteiger partial charge in [-0.15, -0.1) is 23.7 Å². The van der Waals surface area contributed by atoms with Gasteiger partial charge in [0.25, 0.3) is 15.9 Å². The van der Waals surface area contributed by atoms with E-state index in [1.165, 1.54) is 0 Å². The highest BCUT2D eigenvalue weighted by molar-refractivity contribution is 7.91. The number of nitrogens with zero attached hydrogens (tertiary/aromatic N) is 2. The average Bonchev–Trinajstić information content (AvgIpc) is 3.22. The summed E-state index contributed by atoms with van der Waals surface area (Å²) in [6.45, 7) is 6.52. The zero-order chi connectivity index (χ0) is 18.2. The Labute approximate surface area is 166 Å². The Bertz CT molecular complexity index is 729. The number of sulfonamides is 1. The third-order valence-electron chi connectivity index (χ3n) is 5.38. The summed E-state index contributed by atoms with van der Waals surface area (Å²) in [4.78, 5) is 15.1. The number of carbonyl (C=O) groups excluding carboxylic acids is 1. The van der Waals surface area contributed by atoms with Crippen molar-refractivity contribution >= 4 is 39.7 Å². The van der Waals surface area contributed by atoms with Crippen LogP contribution in [0.15, 0.2) is 16.3 Å². The largest absolute Gasteiger partial charge is 0.335 e. The Balaban J connectivity index is 0.00000243. The lowest BCUT2D eigenvalue weighted by atomic mass is 10.0. The molecule has 0 radical (unpaired) electrons. The number of nitrogens with two attached hydrogens (primary N) is 1. The van der Waals surface area contributed by atoms with Gasteiger partial charge in [-0.1, -0.05) is 6.92 Å². The van der Waals surface area contributed by atoms with Crippen LogP contribution in [-0.4, -0.2) is 55.8 Å². The lowest BCUT2D eigenvalue weighted by Gasteiger charge is -2.28. The molecule has 1 aromatic rings. The van der Waals surface area contributed by atoms with Crippen LogP contribution < -0.4 is 5.73 Å². The number of carbonyl (C=O) groups is 1. The van der Waals surface area contributed by atoms with E-state index in [1.807, 2.05) is 11.8 Å². The summed E-state index contributed by atoms with van der Waals surface area (Å²) in [5.74, 6) is 0.818. The van der Waals surface area contributed by atoms with Gasteiger partial charge in [-0.05, 0) is 56.7 Å². The van der Waals surface area contributed by atoms with Crippen LogP contribution >= 0.6 is 23.7 Å². The highest BCUT2D eigenvalue weighted by atomic mass is 35.5. The summed E-state index contributed by atoms with van der Waals surface area (Å²) in [6.07, 6.45) is 2.69. The van der Waals surface area contributed by atoms with Gasteiger partial charge in [0.2, 0.25) is 0 Å². The van der Waals surface area contributed by atoms with E-state index in [-0.39, 0.29) is 28.6 Å². The Hall–Kier alpha value is -0.670. The van der Waals surface area contributed by atoms with Gasteiger partial charge in [0.15, 0.2) is 0 Å². The first kappa shape index (κ1) is 21.6. The normalized spacial score (nSPS) is 25.3. The van der Waals surface area contributed by atoms with E-state index in [2.05, 4.69) is 6.92 Å². The van der Waals surface area contributed by atoms with E-state index in [0.717, 1.165) is 30.6 Å². The molecule has 3 rings (SSSR count). The summed E-state index contributed by atoms with van der Waals surface area (Å²) in [6, 6.07) is 3.37. The van der Waals surface area contributed by atoms with Crippen molar-refractivity contribution in [2.24, 2.45) is 17.6 Å². The number of hydrogen-bond donors (Lipinski definition) is 1. The lowest BCUT2D eigenvalue weighted by molar-refractivity contribution is 0.0748. The first-order valence-corrected chi connectivity index (χ1v) is 11.2. The van der Waals surface area contributed by atoms with E-state index >= 15 is 0 Å².